The molecule has 4 heteroatoms. The summed E-state index contributed by atoms with van der Waals surface area (Å²) in [5, 5.41) is 0. The molecule has 0 heterocycles. The standard InChI is InChI=1S/C12H8.C8H8N2O2/c1-2-6-10-9(5-1)11-7-3-4-8-12(10)11;9-7(11)5-2-1-3-6(4-5)8(10)12/h1-8H;1-4H,(H2,9,11)(H2,10,12). The van der Waals surface area contributed by atoms with E-state index in [0.717, 1.165) is 0 Å². The first-order chi connectivity index (χ1) is 11.6. The van der Waals surface area contributed by atoms with Gasteiger partial charge in [-0.25, -0.2) is 0 Å². The van der Waals surface area contributed by atoms with E-state index in [9.17, 15) is 9.59 Å². The van der Waals surface area contributed by atoms with E-state index in [1.807, 2.05) is 0 Å². The predicted octanol–water partition coefficient (Wildman–Crippen LogP) is 3.22. The number of amides is 2. The molecule has 0 aromatic heterocycles. The van der Waals surface area contributed by atoms with Crippen molar-refractivity contribution in [3.63, 3.8) is 0 Å². The lowest BCUT2D eigenvalue weighted by atomic mass is 9.81. The van der Waals surface area contributed by atoms with Gasteiger partial charge in [0, 0.05) is 11.1 Å². The van der Waals surface area contributed by atoms with E-state index in [1.54, 1.807) is 6.07 Å². The summed E-state index contributed by atoms with van der Waals surface area (Å²) >= 11 is 0. The maximum atomic E-state index is 10.6. The number of fused-ring (bicyclic) bond motifs is 4. The van der Waals surface area contributed by atoms with Gasteiger partial charge in [0.05, 0.1) is 0 Å². The molecule has 0 saturated heterocycles. The fourth-order valence-corrected chi connectivity index (χ4v) is 2.67. The third-order valence-electron chi connectivity index (χ3n) is 3.87. The summed E-state index contributed by atoms with van der Waals surface area (Å²) in [5.74, 6) is -1.14. The molecular weight excluding hydrogens is 300 g/mol. The van der Waals surface area contributed by atoms with Crippen molar-refractivity contribution in [3.8, 4) is 22.3 Å². The summed E-state index contributed by atoms with van der Waals surface area (Å²) in [6, 6.07) is 23.0. The van der Waals surface area contributed by atoms with Crippen molar-refractivity contribution in [1.29, 1.82) is 0 Å². The molecule has 24 heavy (non-hydrogen) atoms. The SMILES string of the molecule is NC(=O)c1cccc(C(N)=O)c1.c1ccc2c(c1)-c1ccccc1-2. The summed E-state index contributed by atoms with van der Waals surface area (Å²) in [7, 11) is 0. The lowest BCUT2D eigenvalue weighted by Crippen LogP contribution is -2.14. The van der Waals surface area contributed by atoms with Crippen LogP contribution in [0.5, 0.6) is 0 Å². The molecule has 0 unspecified atom stereocenters. The first-order valence-corrected chi connectivity index (χ1v) is 7.46. The lowest BCUT2D eigenvalue weighted by Gasteiger charge is -2.22. The Bertz CT molecular complexity index is 803. The number of carbonyl (C=O) groups is 2. The first kappa shape index (κ1) is 15.5. The minimum Gasteiger partial charge on any atom is -0.366 e. The van der Waals surface area contributed by atoms with Crippen molar-refractivity contribution in [2.24, 2.45) is 11.5 Å². The van der Waals surface area contributed by atoms with Gasteiger partial charge in [-0.05, 0) is 40.5 Å². The molecule has 0 radical (unpaired) electrons. The number of nitrogens with two attached hydrogens (primary N) is 2. The molecule has 1 aliphatic rings. The zero-order valence-electron chi connectivity index (χ0n) is 12.9. The molecule has 3 aromatic rings. The highest BCUT2D eigenvalue weighted by Crippen LogP contribution is 2.46. The molecule has 1 aliphatic carbocycles. The van der Waals surface area contributed by atoms with Gasteiger partial charge < -0.3 is 11.5 Å². The Balaban J connectivity index is 0.000000141. The van der Waals surface area contributed by atoms with Crippen molar-refractivity contribution in [2.75, 3.05) is 0 Å². The van der Waals surface area contributed by atoms with Gasteiger partial charge >= 0.3 is 0 Å². The number of carbonyl (C=O) groups excluding carboxylic acids is 2. The number of benzene rings is 3. The van der Waals surface area contributed by atoms with E-state index < -0.39 is 11.8 Å². The lowest BCUT2D eigenvalue weighted by molar-refractivity contribution is 0.0999. The number of hydrogen-bond acceptors (Lipinski definition) is 2. The van der Waals surface area contributed by atoms with Gasteiger partial charge in [-0.3, -0.25) is 9.59 Å². The fourth-order valence-electron chi connectivity index (χ4n) is 2.67. The maximum Gasteiger partial charge on any atom is 0.248 e. The van der Waals surface area contributed by atoms with Crippen LogP contribution < -0.4 is 11.5 Å². The van der Waals surface area contributed by atoms with E-state index >= 15 is 0 Å². The smallest absolute Gasteiger partial charge is 0.248 e. The van der Waals surface area contributed by atoms with Crippen LogP contribution in [-0.2, 0) is 0 Å². The Morgan fingerprint density at radius 1 is 0.542 bits per heavy atom. The van der Waals surface area contributed by atoms with Crippen molar-refractivity contribution in [2.45, 2.75) is 0 Å². The molecular formula is C20H16N2O2. The highest BCUT2D eigenvalue weighted by atomic mass is 16.1. The molecule has 2 amide bonds. The van der Waals surface area contributed by atoms with Crippen LogP contribution in [-0.4, -0.2) is 11.8 Å². The van der Waals surface area contributed by atoms with Crippen molar-refractivity contribution < 1.29 is 9.59 Å². The van der Waals surface area contributed by atoms with Crippen LogP contribution in [0.3, 0.4) is 0 Å². The van der Waals surface area contributed by atoms with E-state index in [2.05, 4.69) is 48.5 Å². The minimum absolute atomic E-state index is 0.284. The third kappa shape index (κ3) is 2.90. The number of hydrogen-bond donors (Lipinski definition) is 2. The Morgan fingerprint density at radius 3 is 1.17 bits per heavy atom. The molecule has 4 nitrogen and oxygen atoms in total. The zero-order chi connectivity index (χ0) is 17.1. The summed E-state index contributed by atoms with van der Waals surface area (Å²) in [6.45, 7) is 0. The van der Waals surface area contributed by atoms with Crippen LogP contribution in [0.15, 0.2) is 72.8 Å². The van der Waals surface area contributed by atoms with Gasteiger partial charge in [0.1, 0.15) is 0 Å². The van der Waals surface area contributed by atoms with E-state index in [0.29, 0.717) is 0 Å². The van der Waals surface area contributed by atoms with E-state index in [4.69, 9.17) is 11.5 Å². The molecule has 0 saturated carbocycles. The van der Waals surface area contributed by atoms with Crippen molar-refractivity contribution in [1.82, 2.24) is 0 Å². The maximum absolute atomic E-state index is 10.6. The molecule has 3 aromatic carbocycles. The highest BCUT2D eigenvalue weighted by Gasteiger charge is 2.19. The second-order valence-electron chi connectivity index (χ2n) is 5.40. The quantitative estimate of drug-likeness (QED) is 0.595. The molecule has 118 valence electrons. The third-order valence-corrected chi connectivity index (χ3v) is 3.87. The summed E-state index contributed by atoms with van der Waals surface area (Å²) in [6.07, 6.45) is 0. The average Bonchev–Trinajstić information content (AvgIpc) is 2.60. The van der Waals surface area contributed by atoms with E-state index in [-0.39, 0.29) is 11.1 Å². The molecule has 0 spiro atoms. The predicted molar refractivity (Wildman–Crippen MR) is 94.3 cm³/mol. The number of rotatable bonds is 2. The summed E-state index contributed by atoms with van der Waals surface area (Å²) in [5.41, 5.74) is 16.1. The molecule has 4 N–H and O–H groups in total. The average molecular weight is 316 g/mol. The van der Waals surface area contributed by atoms with Crippen molar-refractivity contribution >= 4 is 11.8 Å². The summed E-state index contributed by atoms with van der Waals surface area (Å²) < 4.78 is 0. The van der Waals surface area contributed by atoms with Crippen LogP contribution in [0.1, 0.15) is 20.7 Å². The van der Waals surface area contributed by atoms with Gasteiger partial charge in [-0.2, -0.15) is 0 Å². The Morgan fingerprint density at radius 2 is 0.875 bits per heavy atom. The second-order valence-corrected chi connectivity index (χ2v) is 5.40. The van der Waals surface area contributed by atoms with Gasteiger partial charge in [0.15, 0.2) is 0 Å². The molecule has 0 aliphatic heterocycles. The van der Waals surface area contributed by atoms with Crippen LogP contribution in [0.4, 0.5) is 0 Å². The van der Waals surface area contributed by atoms with Crippen LogP contribution in [0.2, 0.25) is 0 Å². The molecule has 0 bridgehead atoms. The van der Waals surface area contributed by atoms with Gasteiger partial charge in [-0.1, -0.05) is 54.6 Å². The van der Waals surface area contributed by atoms with Crippen LogP contribution in [0, 0.1) is 0 Å². The zero-order valence-corrected chi connectivity index (χ0v) is 12.9. The normalized spacial score (nSPS) is 10.3. The second kappa shape index (κ2) is 6.38. The molecule has 4 rings (SSSR count). The van der Waals surface area contributed by atoms with Crippen LogP contribution in [0.25, 0.3) is 22.3 Å². The van der Waals surface area contributed by atoms with Gasteiger partial charge in [0.2, 0.25) is 11.8 Å². The highest BCUT2D eigenvalue weighted by molar-refractivity contribution is 6.02. The Labute approximate surface area is 139 Å². The molecule has 0 fully saturated rings. The monoisotopic (exact) mass is 316 g/mol. The fraction of sp³-hybridized carbons (Fsp3) is 0. The molecule has 0 atom stereocenters. The first-order valence-electron chi connectivity index (χ1n) is 7.46. The Kier molecular flexibility index (Phi) is 4.12. The van der Waals surface area contributed by atoms with Crippen molar-refractivity contribution in [3.05, 3.63) is 83.9 Å². The topological polar surface area (TPSA) is 86.2 Å². The summed E-state index contributed by atoms with van der Waals surface area (Å²) in [4.78, 5) is 21.3. The van der Waals surface area contributed by atoms with Crippen LogP contribution >= 0.6 is 0 Å². The number of primary amides is 2. The van der Waals surface area contributed by atoms with Gasteiger partial charge in [-0.15, -0.1) is 0 Å². The van der Waals surface area contributed by atoms with E-state index in [1.165, 1.54) is 40.5 Å². The van der Waals surface area contributed by atoms with Gasteiger partial charge in [0.25, 0.3) is 0 Å². The minimum atomic E-state index is -0.571. The Hall–Kier alpha value is -3.40. The largest absolute Gasteiger partial charge is 0.366 e.